The van der Waals surface area contributed by atoms with E-state index in [0.717, 1.165) is 64.2 Å². The Morgan fingerprint density at radius 1 is 0.493 bits per heavy atom. The third-order valence-corrected chi connectivity index (χ3v) is 14.5. The molecule has 0 rings (SSSR count). The zero-order chi connectivity index (χ0) is 52.2. The van der Waals surface area contributed by atoms with Crippen LogP contribution in [0.4, 0.5) is 0 Å². The summed E-state index contributed by atoms with van der Waals surface area (Å²) in [4.78, 5) is 39.8. The van der Waals surface area contributed by atoms with Crippen molar-refractivity contribution in [3.8, 4) is 0 Å². The Morgan fingerprint density at radius 2 is 0.859 bits per heavy atom. The van der Waals surface area contributed by atoms with Crippen LogP contribution in [0, 0.1) is 0 Å². The van der Waals surface area contributed by atoms with Gasteiger partial charge in [-0.05, 0) is 63.9 Å². The van der Waals surface area contributed by atoms with Gasteiger partial charge in [0.15, 0.2) is 0 Å². The first-order chi connectivity index (χ1) is 34.4. The number of esters is 1. The van der Waals surface area contributed by atoms with Crippen LogP contribution < -0.4 is 10.2 Å². The van der Waals surface area contributed by atoms with Crippen molar-refractivity contribution in [2.75, 3.05) is 40.9 Å². The fraction of sp³-hybridized carbons (Fsp3) is 0.869. The van der Waals surface area contributed by atoms with Gasteiger partial charge in [0.2, 0.25) is 5.91 Å². The summed E-state index contributed by atoms with van der Waals surface area (Å²) in [5, 5.41) is 3.02. The van der Waals surface area contributed by atoms with Gasteiger partial charge in [0.1, 0.15) is 19.3 Å². The van der Waals surface area contributed by atoms with E-state index in [4.69, 9.17) is 13.8 Å². The van der Waals surface area contributed by atoms with E-state index in [1.165, 1.54) is 193 Å². The van der Waals surface area contributed by atoms with E-state index in [2.05, 4.69) is 50.4 Å². The maximum atomic E-state index is 13.4. The van der Waals surface area contributed by atoms with Gasteiger partial charge in [0, 0.05) is 12.8 Å². The Labute approximate surface area is 440 Å². The maximum absolute atomic E-state index is 13.4. The number of phosphoric ester groups is 1. The molecule has 0 saturated carbocycles. The molecule has 0 aliphatic carbocycles. The van der Waals surface area contributed by atoms with Crippen molar-refractivity contribution in [2.24, 2.45) is 0 Å². The molecule has 0 heterocycles. The second-order valence-electron chi connectivity index (χ2n) is 21.9. The number of rotatable bonds is 55. The molecule has 0 aliphatic rings. The lowest BCUT2D eigenvalue weighted by atomic mass is 10.0. The Bertz CT molecular complexity index is 1310. The minimum Gasteiger partial charge on any atom is -0.756 e. The minimum absolute atomic E-state index is 0.0199. The third kappa shape index (κ3) is 52.9. The van der Waals surface area contributed by atoms with Crippen LogP contribution in [0.3, 0.4) is 0 Å². The molecule has 0 aromatic carbocycles. The normalized spacial score (nSPS) is 14.0. The molecule has 9 nitrogen and oxygen atoms in total. The molecule has 0 fully saturated rings. The van der Waals surface area contributed by atoms with Gasteiger partial charge in [-0.15, -0.1) is 0 Å². The average Bonchev–Trinajstić information content (AvgIpc) is 3.33. The van der Waals surface area contributed by atoms with Gasteiger partial charge < -0.3 is 28.5 Å². The number of carbonyl (C=O) groups excluding carboxylic acids is 2. The average molecular weight is 1020 g/mol. The first-order valence-corrected chi connectivity index (χ1v) is 31.8. The number of unbranched alkanes of at least 4 members (excludes halogenated alkanes) is 35. The summed E-state index contributed by atoms with van der Waals surface area (Å²) >= 11 is 0. The molecule has 1 amide bonds. The summed E-state index contributed by atoms with van der Waals surface area (Å²) in [7, 11) is 1.19. The lowest BCUT2D eigenvalue weighted by Gasteiger charge is -2.30. The molecule has 0 aromatic rings. The van der Waals surface area contributed by atoms with Crippen molar-refractivity contribution < 1.29 is 37.3 Å². The molecule has 0 aromatic heterocycles. The van der Waals surface area contributed by atoms with E-state index >= 15 is 0 Å². The van der Waals surface area contributed by atoms with Gasteiger partial charge in [0.05, 0.1) is 33.8 Å². The summed E-state index contributed by atoms with van der Waals surface area (Å²) in [5.41, 5.74) is 0. The number of carbonyl (C=O) groups is 2. The predicted molar refractivity (Wildman–Crippen MR) is 303 cm³/mol. The standard InChI is InChI=1S/C61H117N2O7P/c1-7-10-13-16-19-22-25-26-27-28-29-30-31-32-33-34-35-36-39-42-45-48-51-54-61(65)70-59(52-49-46-43-40-37-23-20-17-14-11-8-2)58(57-69-71(66,67)68-56-55-63(4,5)6)62-60(64)53-50-47-44-41-38-24-21-18-15-12-9-3/h19,22,26-27,49,52,58-59H,7-18,20-21,23-25,28-48,50-51,53-57H2,1-6H3,(H-,62,64,66,67)/b22-19-,27-26-,52-49-. The van der Waals surface area contributed by atoms with Crippen LogP contribution in [-0.4, -0.2) is 69.4 Å². The molecule has 3 atom stereocenters. The Balaban J connectivity index is 5.08. The number of amides is 1. The number of nitrogens with one attached hydrogen (secondary N) is 1. The van der Waals surface area contributed by atoms with Gasteiger partial charge in [-0.3, -0.25) is 14.2 Å². The van der Waals surface area contributed by atoms with Crippen LogP contribution in [0.25, 0.3) is 0 Å². The first kappa shape index (κ1) is 69.2. The van der Waals surface area contributed by atoms with Gasteiger partial charge >= 0.3 is 5.97 Å². The lowest BCUT2D eigenvalue weighted by molar-refractivity contribution is -0.870. The van der Waals surface area contributed by atoms with Gasteiger partial charge in [-0.25, -0.2) is 0 Å². The van der Waals surface area contributed by atoms with Crippen molar-refractivity contribution >= 4 is 19.7 Å². The highest BCUT2D eigenvalue weighted by Gasteiger charge is 2.27. The zero-order valence-electron chi connectivity index (χ0n) is 47.7. The van der Waals surface area contributed by atoms with E-state index in [1.807, 2.05) is 33.3 Å². The predicted octanol–water partition coefficient (Wildman–Crippen LogP) is 17.7. The molecule has 418 valence electrons. The topological polar surface area (TPSA) is 114 Å². The molecule has 0 spiro atoms. The molecule has 71 heavy (non-hydrogen) atoms. The Kier molecular flexibility index (Phi) is 50.4. The fourth-order valence-corrected chi connectivity index (χ4v) is 9.57. The van der Waals surface area contributed by atoms with E-state index in [1.54, 1.807) is 0 Å². The number of ether oxygens (including phenoxy) is 1. The van der Waals surface area contributed by atoms with E-state index < -0.39 is 20.0 Å². The highest BCUT2D eigenvalue weighted by molar-refractivity contribution is 7.45. The minimum atomic E-state index is -4.69. The van der Waals surface area contributed by atoms with Gasteiger partial charge in [-0.1, -0.05) is 250 Å². The van der Waals surface area contributed by atoms with Crippen molar-refractivity contribution in [2.45, 2.75) is 303 Å². The van der Waals surface area contributed by atoms with Crippen molar-refractivity contribution in [3.05, 3.63) is 36.5 Å². The summed E-state index contributed by atoms with van der Waals surface area (Å²) in [5.74, 6) is -0.533. The molecule has 0 radical (unpaired) electrons. The van der Waals surface area contributed by atoms with Crippen LogP contribution in [0.1, 0.15) is 290 Å². The molecular formula is C61H117N2O7P. The summed E-state index contributed by atoms with van der Waals surface area (Å²) in [6, 6.07) is -0.882. The van der Waals surface area contributed by atoms with Gasteiger partial charge in [0.25, 0.3) is 7.82 Å². The molecule has 0 saturated heterocycles. The molecular weight excluding hydrogens is 904 g/mol. The second kappa shape index (κ2) is 51.7. The molecule has 3 unspecified atom stereocenters. The quantitative estimate of drug-likeness (QED) is 0.0212. The molecule has 10 heteroatoms. The number of hydrogen-bond donors (Lipinski definition) is 1. The Morgan fingerprint density at radius 3 is 1.30 bits per heavy atom. The third-order valence-electron chi connectivity index (χ3n) is 13.6. The number of quaternary nitrogens is 1. The molecule has 0 bridgehead atoms. The molecule has 0 aliphatic heterocycles. The fourth-order valence-electron chi connectivity index (χ4n) is 8.85. The summed E-state index contributed by atoms with van der Waals surface area (Å²) in [6.07, 6.45) is 61.1. The van der Waals surface area contributed by atoms with Crippen molar-refractivity contribution in [3.63, 3.8) is 0 Å². The summed E-state index contributed by atoms with van der Waals surface area (Å²) < 4.78 is 30.2. The smallest absolute Gasteiger partial charge is 0.306 e. The van der Waals surface area contributed by atoms with Crippen molar-refractivity contribution in [1.82, 2.24) is 5.32 Å². The van der Waals surface area contributed by atoms with Crippen LogP contribution in [0.2, 0.25) is 0 Å². The maximum Gasteiger partial charge on any atom is 0.306 e. The monoisotopic (exact) mass is 1020 g/mol. The number of allylic oxidation sites excluding steroid dienone is 5. The van der Waals surface area contributed by atoms with E-state index in [0.29, 0.717) is 17.4 Å². The highest BCUT2D eigenvalue weighted by atomic mass is 31.2. The van der Waals surface area contributed by atoms with Crippen molar-refractivity contribution in [1.29, 1.82) is 0 Å². The molecule has 1 N–H and O–H groups in total. The number of hydrogen-bond acceptors (Lipinski definition) is 7. The van der Waals surface area contributed by atoms with Crippen LogP contribution in [0.5, 0.6) is 0 Å². The number of likely N-dealkylation sites (N-methyl/N-ethyl adjacent to an activating group) is 1. The van der Waals surface area contributed by atoms with Gasteiger partial charge in [-0.2, -0.15) is 0 Å². The van der Waals surface area contributed by atoms with E-state index in [9.17, 15) is 19.0 Å². The van der Waals surface area contributed by atoms with Crippen LogP contribution in [-0.2, 0) is 27.9 Å². The largest absolute Gasteiger partial charge is 0.756 e. The van der Waals surface area contributed by atoms with Crippen LogP contribution in [0.15, 0.2) is 36.5 Å². The Hall–Kier alpha value is -1.77. The SMILES string of the molecule is CCCCC/C=C\C/C=C\CCCCCCCCCCCCCCCC(=O)OC(/C=C\CCCCCCCCCCC)C(COP(=O)([O-])OCC[N+](C)(C)C)NC(=O)CCCCCCCCCCCCC. The lowest BCUT2D eigenvalue weighted by Crippen LogP contribution is -2.47. The van der Waals surface area contributed by atoms with E-state index in [-0.39, 0.29) is 31.5 Å². The number of phosphoric acid groups is 1. The van der Waals surface area contributed by atoms with Crippen LogP contribution >= 0.6 is 7.82 Å². The second-order valence-corrected chi connectivity index (χ2v) is 23.3. The first-order valence-electron chi connectivity index (χ1n) is 30.3. The zero-order valence-corrected chi connectivity index (χ0v) is 48.6. The highest BCUT2D eigenvalue weighted by Crippen LogP contribution is 2.38. The number of nitrogens with zero attached hydrogens (tertiary/aromatic N) is 1. The summed E-state index contributed by atoms with van der Waals surface area (Å²) in [6.45, 7) is 6.82.